The van der Waals surface area contributed by atoms with Crippen LogP contribution in [0.1, 0.15) is 34.2 Å². The first-order valence-electron chi connectivity index (χ1n) is 8.98. The van der Waals surface area contributed by atoms with Gasteiger partial charge >= 0.3 is 0 Å². The molecule has 2 aliphatic rings. The van der Waals surface area contributed by atoms with Gasteiger partial charge in [0.2, 0.25) is 0 Å². The number of hydrogen-bond acceptors (Lipinski definition) is 5. The van der Waals surface area contributed by atoms with Gasteiger partial charge in [-0.05, 0) is 12.5 Å². The van der Waals surface area contributed by atoms with Crippen molar-refractivity contribution in [2.24, 2.45) is 0 Å². The summed E-state index contributed by atoms with van der Waals surface area (Å²) in [6.45, 7) is 3.89. The Labute approximate surface area is 152 Å². The number of rotatable bonds is 4. The molecule has 0 spiro atoms. The van der Waals surface area contributed by atoms with Crippen molar-refractivity contribution in [3.8, 4) is 11.5 Å². The van der Waals surface area contributed by atoms with E-state index in [-0.39, 0.29) is 11.8 Å². The van der Waals surface area contributed by atoms with E-state index in [9.17, 15) is 4.79 Å². The summed E-state index contributed by atoms with van der Waals surface area (Å²) in [4.78, 5) is 19.3. The smallest absolute Gasteiger partial charge is 0.274 e. The number of imidazole rings is 1. The second-order valence-electron chi connectivity index (χ2n) is 6.73. The molecular weight excluding hydrogens is 332 g/mol. The summed E-state index contributed by atoms with van der Waals surface area (Å²) >= 11 is 0. The Morgan fingerprint density at radius 2 is 2.15 bits per heavy atom. The van der Waals surface area contributed by atoms with Crippen LogP contribution in [0.25, 0.3) is 0 Å². The van der Waals surface area contributed by atoms with E-state index in [1.807, 2.05) is 23.2 Å². The number of fused-ring (bicyclic) bond motifs is 1. The Kier molecular flexibility index (Phi) is 4.55. The average molecular weight is 356 g/mol. The summed E-state index contributed by atoms with van der Waals surface area (Å²) in [5, 5.41) is 3.28. The number of nitrogens with zero attached hydrogens (tertiary/aromatic N) is 3. The van der Waals surface area contributed by atoms with Crippen LogP contribution in [0.3, 0.4) is 0 Å². The monoisotopic (exact) mass is 356 g/mol. The normalized spacial score (nSPS) is 19.3. The van der Waals surface area contributed by atoms with Gasteiger partial charge in [-0.25, -0.2) is 4.98 Å². The lowest BCUT2D eigenvalue weighted by molar-refractivity contribution is 0.0785. The summed E-state index contributed by atoms with van der Waals surface area (Å²) in [5.41, 5.74) is 1.64. The molecule has 0 bridgehead atoms. The first-order chi connectivity index (χ1) is 12.7. The Balaban J connectivity index is 1.52. The Morgan fingerprint density at radius 1 is 1.27 bits per heavy atom. The molecule has 7 nitrogen and oxygen atoms in total. The molecule has 0 radical (unpaired) electrons. The van der Waals surface area contributed by atoms with E-state index in [4.69, 9.17) is 9.47 Å². The van der Waals surface area contributed by atoms with Crippen molar-refractivity contribution in [2.45, 2.75) is 25.4 Å². The van der Waals surface area contributed by atoms with Crippen LogP contribution in [0.15, 0.2) is 24.4 Å². The number of likely N-dealkylation sites (tertiary alicyclic amines) is 1. The van der Waals surface area contributed by atoms with Crippen LogP contribution in [0.4, 0.5) is 0 Å². The molecule has 0 saturated carbocycles. The third kappa shape index (κ3) is 2.92. The van der Waals surface area contributed by atoms with Crippen LogP contribution in [-0.4, -0.2) is 54.2 Å². The molecule has 7 heteroatoms. The number of carbonyl (C=O) groups is 1. The molecule has 0 aliphatic carbocycles. The lowest BCUT2D eigenvalue weighted by Crippen LogP contribution is -2.28. The van der Waals surface area contributed by atoms with E-state index in [1.54, 1.807) is 14.2 Å². The molecule has 3 heterocycles. The molecule has 2 aliphatic heterocycles. The minimum atomic E-state index is 0.0104. The average Bonchev–Trinajstić information content (AvgIpc) is 3.33. The number of hydrogen-bond donors (Lipinski definition) is 1. The first-order valence-corrected chi connectivity index (χ1v) is 8.98. The van der Waals surface area contributed by atoms with Gasteiger partial charge in [-0.15, -0.1) is 0 Å². The summed E-state index contributed by atoms with van der Waals surface area (Å²) in [7, 11) is 3.30. The number of ether oxygens (including phenoxy) is 2. The molecule has 4 rings (SSSR count). The fraction of sp³-hybridized carbons (Fsp3) is 0.474. The highest BCUT2D eigenvalue weighted by Crippen LogP contribution is 2.39. The van der Waals surface area contributed by atoms with Gasteiger partial charge in [0.15, 0.2) is 11.5 Å². The summed E-state index contributed by atoms with van der Waals surface area (Å²) in [5.74, 6) is 2.67. The van der Waals surface area contributed by atoms with Gasteiger partial charge in [0, 0.05) is 43.9 Å². The molecule has 1 unspecified atom stereocenters. The third-order valence-electron chi connectivity index (χ3n) is 5.24. The van der Waals surface area contributed by atoms with Gasteiger partial charge in [-0.2, -0.15) is 0 Å². The maximum absolute atomic E-state index is 12.9. The topological polar surface area (TPSA) is 68.6 Å². The fourth-order valence-electron chi connectivity index (χ4n) is 3.89. The zero-order chi connectivity index (χ0) is 18.1. The zero-order valence-electron chi connectivity index (χ0n) is 15.2. The molecule has 26 heavy (non-hydrogen) atoms. The van der Waals surface area contributed by atoms with Crippen molar-refractivity contribution in [3.63, 3.8) is 0 Å². The van der Waals surface area contributed by atoms with Crippen molar-refractivity contribution in [2.75, 3.05) is 33.9 Å². The molecule has 1 aromatic heterocycles. The van der Waals surface area contributed by atoms with Gasteiger partial charge in [0.25, 0.3) is 5.91 Å². The number of nitrogens with one attached hydrogen (secondary N) is 1. The molecular formula is C19H24N4O3. The third-order valence-corrected chi connectivity index (χ3v) is 5.24. The number of carbonyl (C=O) groups excluding carboxylic acids is 1. The Bertz CT molecular complexity index is 794. The molecule has 1 fully saturated rings. The highest BCUT2D eigenvalue weighted by molar-refractivity contribution is 5.92. The molecule has 1 N–H and O–H groups in total. The molecule has 1 aromatic carbocycles. The van der Waals surface area contributed by atoms with Crippen molar-refractivity contribution < 1.29 is 14.3 Å². The number of methoxy groups -OCH3 is 2. The van der Waals surface area contributed by atoms with Crippen LogP contribution in [-0.2, 0) is 13.1 Å². The van der Waals surface area contributed by atoms with Crippen molar-refractivity contribution >= 4 is 5.91 Å². The van der Waals surface area contributed by atoms with Crippen LogP contribution < -0.4 is 14.8 Å². The van der Waals surface area contributed by atoms with E-state index in [1.165, 1.54) is 0 Å². The number of amides is 1. The molecule has 1 amide bonds. The second-order valence-corrected chi connectivity index (χ2v) is 6.73. The Hall–Kier alpha value is -2.54. The lowest BCUT2D eigenvalue weighted by Gasteiger charge is -2.18. The SMILES string of the molecule is COc1cccc(C2CCN(C(=O)c3cn4c(n3)CNCC4)C2)c1OC. The summed E-state index contributed by atoms with van der Waals surface area (Å²) in [6.07, 6.45) is 2.79. The van der Waals surface area contributed by atoms with Crippen LogP contribution in [0.2, 0.25) is 0 Å². The van der Waals surface area contributed by atoms with E-state index in [0.29, 0.717) is 12.2 Å². The minimum Gasteiger partial charge on any atom is -0.493 e. The minimum absolute atomic E-state index is 0.0104. The van der Waals surface area contributed by atoms with E-state index < -0.39 is 0 Å². The largest absolute Gasteiger partial charge is 0.493 e. The van der Waals surface area contributed by atoms with Gasteiger partial charge < -0.3 is 24.3 Å². The second kappa shape index (κ2) is 6.99. The van der Waals surface area contributed by atoms with E-state index in [0.717, 1.165) is 55.5 Å². The highest BCUT2D eigenvalue weighted by atomic mass is 16.5. The maximum Gasteiger partial charge on any atom is 0.274 e. The van der Waals surface area contributed by atoms with Gasteiger partial charge in [0.1, 0.15) is 11.5 Å². The molecule has 1 atom stereocenters. The van der Waals surface area contributed by atoms with Crippen LogP contribution >= 0.6 is 0 Å². The lowest BCUT2D eigenvalue weighted by atomic mass is 9.97. The zero-order valence-corrected chi connectivity index (χ0v) is 15.2. The molecule has 1 saturated heterocycles. The standard InChI is InChI=1S/C19H24N4O3/c1-25-16-5-3-4-14(18(16)26-2)13-6-8-23(11-13)19(24)15-12-22-9-7-20-10-17(22)21-15/h3-5,12-13,20H,6-11H2,1-2H3. The number of para-hydroxylation sites is 1. The van der Waals surface area contributed by atoms with Crippen molar-refractivity contribution in [1.29, 1.82) is 0 Å². The highest BCUT2D eigenvalue weighted by Gasteiger charge is 2.31. The number of aromatic nitrogens is 2. The van der Waals surface area contributed by atoms with Gasteiger partial charge in [0.05, 0.1) is 20.8 Å². The summed E-state index contributed by atoms with van der Waals surface area (Å²) < 4.78 is 13.0. The van der Waals surface area contributed by atoms with Crippen LogP contribution in [0, 0.1) is 0 Å². The van der Waals surface area contributed by atoms with Crippen molar-refractivity contribution in [3.05, 3.63) is 41.5 Å². The Morgan fingerprint density at radius 3 is 2.92 bits per heavy atom. The maximum atomic E-state index is 12.9. The fourth-order valence-corrected chi connectivity index (χ4v) is 3.89. The summed E-state index contributed by atoms with van der Waals surface area (Å²) in [6, 6.07) is 5.92. The van der Waals surface area contributed by atoms with Gasteiger partial charge in [-0.1, -0.05) is 12.1 Å². The molecule has 2 aromatic rings. The quantitative estimate of drug-likeness (QED) is 0.902. The number of benzene rings is 1. The van der Waals surface area contributed by atoms with E-state index in [2.05, 4.69) is 20.9 Å². The molecule has 138 valence electrons. The van der Waals surface area contributed by atoms with Gasteiger partial charge in [-0.3, -0.25) is 4.79 Å². The predicted octanol–water partition coefficient (Wildman–Crippen LogP) is 1.63. The van der Waals surface area contributed by atoms with Crippen LogP contribution in [0.5, 0.6) is 11.5 Å². The van der Waals surface area contributed by atoms with Crippen molar-refractivity contribution in [1.82, 2.24) is 19.8 Å². The predicted molar refractivity (Wildman–Crippen MR) is 96.7 cm³/mol. The van der Waals surface area contributed by atoms with E-state index >= 15 is 0 Å². The first kappa shape index (κ1) is 16.9.